The van der Waals surface area contributed by atoms with Crippen LogP contribution in [0.3, 0.4) is 0 Å². The smallest absolute Gasteiger partial charge is 0.494 e. The lowest BCUT2D eigenvalue weighted by molar-refractivity contribution is -0.0383. The average molecular weight is 294 g/mol. The third-order valence-corrected chi connectivity index (χ3v) is 3.24. The van der Waals surface area contributed by atoms with E-state index in [9.17, 15) is 4.79 Å². The number of unbranched alkanes of at least 4 members (excludes halogenated alkanes) is 1. The molecule has 0 bridgehead atoms. The van der Waals surface area contributed by atoms with E-state index in [0.717, 1.165) is 18.6 Å². The van der Waals surface area contributed by atoms with Crippen LogP contribution < -0.4 is 4.74 Å². The molecule has 116 valence electrons. The van der Waals surface area contributed by atoms with Crippen molar-refractivity contribution < 1.29 is 23.7 Å². The normalized spacial score (nSPS) is 19.9. The molecular weight excluding hydrogens is 272 g/mol. The summed E-state index contributed by atoms with van der Waals surface area (Å²) < 4.78 is 20.8. The van der Waals surface area contributed by atoms with E-state index in [4.69, 9.17) is 18.9 Å². The fraction of sp³-hybridized carbons (Fsp3) is 0.562. The van der Waals surface area contributed by atoms with Gasteiger partial charge in [0.1, 0.15) is 12.4 Å². The number of carbonyl (C=O) groups excluding carboxylic acids is 1. The maximum Gasteiger partial charge on any atom is 0.510 e. The molecule has 2 rings (SSSR count). The number of aryl methyl sites for hydroxylation is 1. The van der Waals surface area contributed by atoms with Crippen molar-refractivity contribution in [1.82, 2.24) is 0 Å². The lowest BCUT2D eigenvalue weighted by Gasteiger charge is -2.12. The summed E-state index contributed by atoms with van der Waals surface area (Å²) in [4.78, 5) is 11.3. The number of carbonyl (C=O) groups is 1. The molecule has 1 aliphatic rings. The Kier molecular flexibility index (Phi) is 5.44. The van der Waals surface area contributed by atoms with Crippen LogP contribution in [0.25, 0.3) is 0 Å². The Hall–Kier alpha value is -1.75. The summed E-state index contributed by atoms with van der Waals surface area (Å²) in [7, 11) is 0. The van der Waals surface area contributed by atoms with E-state index in [1.165, 1.54) is 5.56 Å². The molecule has 1 aliphatic heterocycles. The second kappa shape index (κ2) is 7.31. The number of ether oxygens (including phenoxy) is 4. The first kappa shape index (κ1) is 15.6. The first-order valence-corrected chi connectivity index (χ1v) is 7.33. The highest BCUT2D eigenvalue weighted by Crippen LogP contribution is 2.34. The van der Waals surface area contributed by atoms with E-state index in [0.29, 0.717) is 26.2 Å². The van der Waals surface area contributed by atoms with Gasteiger partial charge in [-0.25, -0.2) is 4.79 Å². The molecule has 0 aromatic heterocycles. The van der Waals surface area contributed by atoms with Gasteiger partial charge in [-0.05, 0) is 38.8 Å². The van der Waals surface area contributed by atoms with Gasteiger partial charge >= 0.3 is 6.16 Å². The Morgan fingerprint density at radius 1 is 1.29 bits per heavy atom. The second-order valence-corrected chi connectivity index (χ2v) is 5.10. The number of rotatable bonds is 8. The van der Waals surface area contributed by atoms with Crippen LogP contribution in [0.2, 0.25) is 0 Å². The Labute approximate surface area is 125 Å². The summed E-state index contributed by atoms with van der Waals surface area (Å²) in [6, 6.07) is 7.97. The predicted molar refractivity (Wildman–Crippen MR) is 77.3 cm³/mol. The average Bonchev–Trinajstić information content (AvgIpc) is 3.20. The van der Waals surface area contributed by atoms with E-state index >= 15 is 0 Å². The molecule has 21 heavy (non-hydrogen) atoms. The van der Waals surface area contributed by atoms with Crippen molar-refractivity contribution in [3.05, 3.63) is 29.8 Å². The molecule has 5 nitrogen and oxygen atoms in total. The Morgan fingerprint density at radius 2 is 2.00 bits per heavy atom. The summed E-state index contributed by atoms with van der Waals surface area (Å²) in [5.41, 5.74) is 1.21. The van der Waals surface area contributed by atoms with Gasteiger partial charge in [0.2, 0.25) is 5.79 Å². The van der Waals surface area contributed by atoms with E-state index in [1.54, 1.807) is 6.92 Å². The first-order valence-electron chi connectivity index (χ1n) is 7.33. The lowest BCUT2D eigenvalue weighted by Crippen LogP contribution is -2.22. The minimum absolute atomic E-state index is 0.305. The van der Waals surface area contributed by atoms with Gasteiger partial charge in [0, 0.05) is 6.42 Å². The summed E-state index contributed by atoms with van der Waals surface area (Å²) in [6.07, 6.45) is 1.75. The van der Waals surface area contributed by atoms with Crippen LogP contribution in [0, 0.1) is 6.92 Å². The fourth-order valence-electron chi connectivity index (χ4n) is 1.95. The summed E-state index contributed by atoms with van der Waals surface area (Å²) in [5, 5.41) is 0. The van der Waals surface area contributed by atoms with Gasteiger partial charge in [-0.2, -0.15) is 0 Å². The van der Waals surface area contributed by atoms with Crippen molar-refractivity contribution in [1.29, 1.82) is 0 Å². The molecule has 1 aromatic rings. The van der Waals surface area contributed by atoms with E-state index < -0.39 is 11.9 Å². The van der Waals surface area contributed by atoms with E-state index in [-0.39, 0.29) is 0 Å². The first-order chi connectivity index (χ1) is 10.1. The van der Waals surface area contributed by atoms with Crippen molar-refractivity contribution in [2.24, 2.45) is 0 Å². The van der Waals surface area contributed by atoms with Crippen molar-refractivity contribution in [3.8, 4) is 5.75 Å². The van der Waals surface area contributed by atoms with Crippen molar-refractivity contribution in [3.63, 3.8) is 0 Å². The van der Waals surface area contributed by atoms with Gasteiger partial charge in [-0.15, -0.1) is 0 Å². The highest BCUT2D eigenvalue weighted by molar-refractivity contribution is 5.60. The number of benzene rings is 1. The molecule has 1 atom stereocenters. The molecule has 1 fully saturated rings. The van der Waals surface area contributed by atoms with Gasteiger partial charge in [-0.1, -0.05) is 17.7 Å². The number of hydrogen-bond acceptors (Lipinski definition) is 5. The minimum atomic E-state index is -0.754. The SMILES string of the molecule is CCOC(=O)OC1(CCCCOc2ccc(C)cc2)CO1. The maximum absolute atomic E-state index is 11.3. The Morgan fingerprint density at radius 3 is 2.62 bits per heavy atom. The Bertz CT molecular complexity index is 450. The van der Waals surface area contributed by atoms with Crippen molar-refractivity contribution >= 4 is 6.16 Å². The van der Waals surface area contributed by atoms with Gasteiger partial charge in [0.15, 0.2) is 0 Å². The van der Waals surface area contributed by atoms with Crippen LogP contribution >= 0.6 is 0 Å². The standard InChI is InChI=1S/C16H22O5/c1-3-18-15(17)21-16(12-20-16)10-4-5-11-19-14-8-6-13(2)7-9-14/h6-9H,3-5,10-12H2,1-2H3. The molecular formula is C16H22O5. The molecule has 0 saturated carbocycles. The molecule has 0 radical (unpaired) electrons. The molecule has 1 saturated heterocycles. The highest BCUT2D eigenvalue weighted by atomic mass is 16.8. The number of hydrogen-bond donors (Lipinski definition) is 0. The molecule has 0 amide bonds. The number of epoxide rings is 1. The summed E-state index contributed by atoms with van der Waals surface area (Å²) >= 11 is 0. The maximum atomic E-state index is 11.3. The largest absolute Gasteiger partial charge is 0.510 e. The lowest BCUT2D eigenvalue weighted by atomic mass is 10.2. The second-order valence-electron chi connectivity index (χ2n) is 5.10. The van der Waals surface area contributed by atoms with Crippen LogP contribution in [0.5, 0.6) is 5.75 Å². The zero-order valence-corrected chi connectivity index (χ0v) is 12.6. The van der Waals surface area contributed by atoms with Gasteiger partial charge in [-0.3, -0.25) is 0 Å². The van der Waals surface area contributed by atoms with Crippen LogP contribution in [0.15, 0.2) is 24.3 Å². The fourth-order valence-corrected chi connectivity index (χ4v) is 1.95. The van der Waals surface area contributed by atoms with Crippen molar-refractivity contribution in [2.45, 2.75) is 38.9 Å². The highest BCUT2D eigenvalue weighted by Gasteiger charge is 2.49. The summed E-state index contributed by atoms with van der Waals surface area (Å²) in [5.74, 6) is 0.122. The topological polar surface area (TPSA) is 57.3 Å². The molecule has 0 N–H and O–H groups in total. The molecule has 0 spiro atoms. The Balaban J connectivity index is 1.59. The molecule has 1 aromatic carbocycles. The van der Waals surface area contributed by atoms with Gasteiger partial charge < -0.3 is 18.9 Å². The predicted octanol–water partition coefficient (Wildman–Crippen LogP) is 3.44. The van der Waals surface area contributed by atoms with Gasteiger partial charge in [0.25, 0.3) is 0 Å². The van der Waals surface area contributed by atoms with E-state index in [2.05, 4.69) is 0 Å². The monoisotopic (exact) mass is 294 g/mol. The molecule has 1 heterocycles. The third kappa shape index (κ3) is 5.27. The third-order valence-electron chi connectivity index (χ3n) is 3.24. The van der Waals surface area contributed by atoms with E-state index in [1.807, 2.05) is 31.2 Å². The van der Waals surface area contributed by atoms with Crippen molar-refractivity contribution in [2.75, 3.05) is 19.8 Å². The molecule has 0 aliphatic carbocycles. The molecule has 1 unspecified atom stereocenters. The summed E-state index contributed by atoms with van der Waals surface area (Å²) in [6.45, 7) is 5.18. The quantitative estimate of drug-likeness (QED) is 0.417. The van der Waals surface area contributed by atoms with Crippen LogP contribution in [0.4, 0.5) is 4.79 Å². The zero-order chi connectivity index (χ0) is 15.1. The van der Waals surface area contributed by atoms with Crippen LogP contribution in [-0.2, 0) is 14.2 Å². The minimum Gasteiger partial charge on any atom is -0.494 e. The van der Waals surface area contributed by atoms with Gasteiger partial charge in [0.05, 0.1) is 13.2 Å². The van der Waals surface area contributed by atoms with Crippen LogP contribution in [0.1, 0.15) is 31.7 Å². The zero-order valence-electron chi connectivity index (χ0n) is 12.6. The van der Waals surface area contributed by atoms with Crippen LogP contribution in [-0.4, -0.2) is 31.8 Å². The molecule has 5 heteroatoms.